The highest BCUT2D eigenvalue weighted by atomic mass is 19.4. The normalized spacial score (nSPS) is 13.5. The summed E-state index contributed by atoms with van der Waals surface area (Å²) >= 11 is 0. The molecule has 2 aromatic rings. The van der Waals surface area contributed by atoms with E-state index in [0.717, 1.165) is 6.92 Å². The van der Waals surface area contributed by atoms with Gasteiger partial charge in [0.1, 0.15) is 0 Å². The fourth-order valence-electron chi connectivity index (χ4n) is 2.05. The summed E-state index contributed by atoms with van der Waals surface area (Å²) in [4.78, 5) is 10.9. The van der Waals surface area contributed by atoms with Crippen molar-refractivity contribution in [1.29, 1.82) is 0 Å². The molecule has 0 saturated carbocycles. The van der Waals surface area contributed by atoms with Crippen molar-refractivity contribution >= 4 is 16.9 Å². The van der Waals surface area contributed by atoms with Gasteiger partial charge < -0.3 is 9.30 Å². The van der Waals surface area contributed by atoms with Gasteiger partial charge in [-0.3, -0.25) is 4.79 Å². The Labute approximate surface area is 107 Å². The molecule has 0 unspecified atom stereocenters. The van der Waals surface area contributed by atoms with Crippen molar-refractivity contribution in [3.63, 3.8) is 0 Å². The standard InChI is InChI=1S/C13H12F3NO2/c1-8(18)19-12(13(14,15)16)10-7-17(2)11-6-4-3-5-9(10)11/h3-7,12H,1-2H3/t12-/m1/s1. The lowest BCUT2D eigenvalue weighted by Gasteiger charge is -2.19. The zero-order chi connectivity index (χ0) is 14.2. The van der Waals surface area contributed by atoms with E-state index in [0.29, 0.717) is 10.9 Å². The van der Waals surface area contributed by atoms with Gasteiger partial charge in [-0.15, -0.1) is 0 Å². The molecule has 102 valence electrons. The van der Waals surface area contributed by atoms with Crippen molar-refractivity contribution in [2.45, 2.75) is 19.2 Å². The third kappa shape index (κ3) is 2.57. The Balaban J connectivity index is 2.59. The van der Waals surface area contributed by atoms with Crippen LogP contribution in [0.2, 0.25) is 0 Å². The number of carbonyl (C=O) groups is 1. The zero-order valence-corrected chi connectivity index (χ0v) is 10.4. The lowest BCUT2D eigenvalue weighted by Crippen LogP contribution is -2.25. The predicted molar refractivity (Wildman–Crippen MR) is 63.5 cm³/mol. The molecular formula is C13H12F3NO2. The number of aromatic nitrogens is 1. The fourth-order valence-corrected chi connectivity index (χ4v) is 2.05. The van der Waals surface area contributed by atoms with Crippen LogP contribution in [0.5, 0.6) is 0 Å². The summed E-state index contributed by atoms with van der Waals surface area (Å²) in [5, 5.41) is 0.425. The summed E-state index contributed by atoms with van der Waals surface area (Å²) in [5.74, 6) is -0.963. The highest BCUT2D eigenvalue weighted by Gasteiger charge is 2.45. The molecule has 0 bridgehead atoms. The van der Waals surface area contributed by atoms with E-state index in [2.05, 4.69) is 4.74 Å². The van der Waals surface area contributed by atoms with Crippen LogP contribution >= 0.6 is 0 Å². The number of rotatable bonds is 2. The lowest BCUT2D eigenvalue weighted by atomic mass is 10.1. The van der Waals surface area contributed by atoms with Gasteiger partial charge in [-0.25, -0.2) is 0 Å². The first-order valence-electron chi connectivity index (χ1n) is 5.58. The molecule has 0 spiro atoms. The molecule has 1 heterocycles. The number of ether oxygens (including phenoxy) is 1. The molecule has 2 rings (SSSR count). The summed E-state index contributed by atoms with van der Waals surface area (Å²) in [5.41, 5.74) is 0.597. The Morgan fingerprint density at radius 3 is 2.53 bits per heavy atom. The van der Waals surface area contributed by atoms with Crippen LogP contribution in [0.4, 0.5) is 13.2 Å². The van der Waals surface area contributed by atoms with Gasteiger partial charge in [0.15, 0.2) is 0 Å². The molecule has 0 N–H and O–H groups in total. The van der Waals surface area contributed by atoms with Gasteiger partial charge in [-0.05, 0) is 6.07 Å². The second-order valence-corrected chi connectivity index (χ2v) is 4.24. The van der Waals surface area contributed by atoms with E-state index in [1.165, 1.54) is 6.20 Å². The minimum atomic E-state index is -4.64. The quantitative estimate of drug-likeness (QED) is 0.784. The van der Waals surface area contributed by atoms with Gasteiger partial charge in [0.2, 0.25) is 6.10 Å². The van der Waals surface area contributed by atoms with Crippen LogP contribution in [0.15, 0.2) is 30.5 Å². The number of para-hydroxylation sites is 1. The van der Waals surface area contributed by atoms with Gasteiger partial charge in [0.25, 0.3) is 0 Å². The smallest absolute Gasteiger partial charge is 0.429 e. The summed E-state index contributed by atoms with van der Waals surface area (Å²) in [6, 6.07) is 6.67. The van der Waals surface area contributed by atoms with E-state index in [4.69, 9.17) is 0 Å². The Morgan fingerprint density at radius 1 is 1.32 bits per heavy atom. The molecule has 0 aliphatic carbocycles. The van der Waals surface area contributed by atoms with Crippen LogP contribution in [-0.4, -0.2) is 16.7 Å². The molecule has 0 saturated heterocycles. The van der Waals surface area contributed by atoms with E-state index in [1.807, 2.05) is 0 Å². The molecule has 1 aromatic heterocycles. The Bertz CT molecular complexity index is 616. The average Bonchev–Trinajstić information content (AvgIpc) is 2.63. The minimum Gasteiger partial charge on any atom is -0.448 e. The third-order valence-electron chi connectivity index (χ3n) is 2.79. The number of hydrogen-bond donors (Lipinski definition) is 0. The van der Waals surface area contributed by atoms with Crippen LogP contribution in [0.1, 0.15) is 18.6 Å². The maximum atomic E-state index is 13.0. The number of nitrogens with zero attached hydrogens (tertiary/aromatic N) is 1. The summed E-state index contributed by atoms with van der Waals surface area (Å²) in [7, 11) is 1.65. The predicted octanol–water partition coefficient (Wildman–Crippen LogP) is 3.34. The third-order valence-corrected chi connectivity index (χ3v) is 2.79. The number of fused-ring (bicyclic) bond motifs is 1. The summed E-state index contributed by atoms with van der Waals surface area (Å²) in [6.45, 7) is 0.962. The lowest BCUT2D eigenvalue weighted by molar-refractivity contribution is -0.222. The molecule has 1 aromatic carbocycles. The number of aryl methyl sites for hydroxylation is 1. The molecule has 3 nitrogen and oxygen atoms in total. The van der Waals surface area contributed by atoms with Crippen LogP contribution in [0, 0.1) is 0 Å². The molecule has 19 heavy (non-hydrogen) atoms. The number of esters is 1. The van der Waals surface area contributed by atoms with Crippen molar-refractivity contribution in [3.05, 3.63) is 36.0 Å². The van der Waals surface area contributed by atoms with Gasteiger partial charge in [-0.1, -0.05) is 18.2 Å². The summed E-state index contributed by atoms with van der Waals surface area (Å²) < 4.78 is 45.1. The highest BCUT2D eigenvalue weighted by Crippen LogP contribution is 2.39. The van der Waals surface area contributed by atoms with Crippen LogP contribution in [0.25, 0.3) is 10.9 Å². The average molecular weight is 271 g/mol. The van der Waals surface area contributed by atoms with E-state index >= 15 is 0 Å². The number of benzene rings is 1. The molecule has 0 aliphatic heterocycles. The second-order valence-electron chi connectivity index (χ2n) is 4.24. The maximum absolute atomic E-state index is 13.0. The summed E-state index contributed by atoms with van der Waals surface area (Å²) in [6.07, 6.45) is -5.54. The van der Waals surface area contributed by atoms with Gasteiger partial charge in [0, 0.05) is 36.6 Å². The minimum absolute atomic E-state index is 0.0548. The molecule has 0 aliphatic rings. The topological polar surface area (TPSA) is 31.2 Å². The van der Waals surface area contributed by atoms with Crippen molar-refractivity contribution in [2.24, 2.45) is 7.05 Å². The Hall–Kier alpha value is -1.98. The van der Waals surface area contributed by atoms with E-state index in [-0.39, 0.29) is 5.56 Å². The van der Waals surface area contributed by atoms with Gasteiger partial charge >= 0.3 is 12.1 Å². The van der Waals surface area contributed by atoms with Gasteiger partial charge in [0.05, 0.1) is 0 Å². The first-order chi connectivity index (χ1) is 8.80. The van der Waals surface area contributed by atoms with Gasteiger partial charge in [-0.2, -0.15) is 13.2 Å². The number of halogens is 3. The fraction of sp³-hybridized carbons (Fsp3) is 0.308. The van der Waals surface area contributed by atoms with Crippen LogP contribution in [-0.2, 0) is 16.6 Å². The van der Waals surface area contributed by atoms with Crippen molar-refractivity contribution < 1.29 is 22.7 Å². The first kappa shape index (κ1) is 13.5. The van der Waals surface area contributed by atoms with Crippen LogP contribution in [0.3, 0.4) is 0 Å². The molecule has 6 heteroatoms. The van der Waals surface area contributed by atoms with E-state index in [1.54, 1.807) is 35.9 Å². The molecular weight excluding hydrogens is 259 g/mol. The molecule has 0 amide bonds. The van der Waals surface area contributed by atoms with Crippen molar-refractivity contribution in [3.8, 4) is 0 Å². The second kappa shape index (κ2) is 4.60. The molecule has 0 radical (unpaired) electrons. The van der Waals surface area contributed by atoms with Crippen LogP contribution < -0.4 is 0 Å². The number of carbonyl (C=O) groups excluding carboxylic acids is 1. The van der Waals surface area contributed by atoms with E-state index in [9.17, 15) is 18.0 Å². The maximum Gasteiger partial charge on any atom is 0.429 e. The number of hydrogen-bond acceptors (Lipinski definition) is 2. The largest absolute Gasteiger partial charge is 0.448 e. The van der Waals surface area contributed by atoms with Crippen molar-refractivity contribution in [1.82, 2.24) is 4.57 Å². The molecule has 0 fully saturated rings. The monoisotopic (exact) mass is 271 g/mol. The first-order valence-corrected chi connectivity index (χ1v) is 5.58. The SMILES string of the molecule is CC(=O)O[C@H](c1cn(C)c2ccccc12)C(F)(F)F. The highest BCUT2D eigenvalue weighted by molar-refractivity contribution is 5.84. The zero-order valence-electron chi connectivity index (χ0n) is 10.4. The van der Waals surface area contributed by atoms with E-state index < -0.39 is 18.2 Å². The molecule has 1 atom stereocenters. The van der Waals surface area contributed by atoms with Crippen molar-refractivity contribution in [2.75, 3.05) is 0 Å². The number of alkyl halides is 3. The Kier molecular flexibility index (Phi) is 3.26. The Morgan fingerprint density at radius 2 is 1.95 bits per heavy atom.